The molecule has 0 N–H and O–H groups in total. The van der Waals surface area contributed by atoms with Gasteiger partial charge >= 0.3 is 0 Å². The number of para-hydroxylation sites is 1. The molecule has 1 heterocycles. The summed E-state index contributed by atoms with van der Waals surface area (Å²) in [5, 5.41) is 4.06. The average molecular weight is 279 g/mol. The van der Waals surface area contributed by atoms with Gasteiger partial charge in [0.2, 0.25) is 11.7 Å². The van der Waals surface area contributed by atoms with E-state index in [2.05, 4.69) is 33.2 Å². The Kier molecular flexibility index (Phi) is 3.69. The standard InChI is InChI=1S/C17H17N3O/c1-13-7-6-8-14(11-13)17-18-16(21-19-17)12-20(2)15-9-4-3-5-10-15/h3-11H,12H2,1-2H3. The van der Waals surface area contributed by atoms with Gasteiger partial charge in [-0.05, 0) is 25.1 Å². The first-order valence-electron chi connectivity index (χ1n) is 6.88. The first-order valence-corrected chi connectivity index (χ1v) is 6.88. The van der Waals surface area contributed by atoms with Crippen molar-refractivity contribution in [3.63, 3.8) is 0 Å². The first kappa shape index (κ1) is 13.4. The van der Waals surface area contributed by atoms with Gasteiger partial charge in [-0.3, -0.25) is 0 Å². The smallest absolute Gasteiger partial charge is 0.246 e. The second-order valence-corrected chi connectivity index (χ2v) is 5.07. The molecule has 21 heavy (non-hydrogen) atoms. The van der Waals surface area contributed by atoms with Gasteiger partial charge in [0.05, 0.1) is 6.54 Å². The Bertz CT molecular complexity index is 722. The topological polar surface area (TPSA) is 42.2 Å². The Morgan fingerprint density at radius 3 is 2.62 bits per heavy atom. The van der Waals surface area contributed by atoms with Crippen LogP contribution in [0.4, 0.5) is 5.69 Å². The number of hydrogen-bond acceptors (Lipinski definition) is 4. The van der Waals surface area contributed by atoms with E-state index in [0.29, 0.717) is 18.3 Å². The van der Waals surface area contributed by atoms with Gasteiger partial charge in [0.25, 0.3) is 0 Å². The Hall–Kier alpha value is -2.62. The molecule has 3 aromatic rings. The minimum Gasteiger partial charge on any atom is -0.365 e. The van der Waals surface area contributed by atoms with Crippen LogP contribution in [-0.4, -0.2) is 17.2 Å². The van der Waals surface area contributed by atoms with Crippen molar-refractivity contribution in [2.24, 2.45) is 0 Å². The molecule has 0 bridgehead atoms. The average Bonchev–Trinajstić information content (AvgIpc) is 2.97. The maximum atomic E-state index is 5.35. The lowest BCUT2D eigenvalue weighted by Gasteiger charge is -2.16. The molecule has 1 aromatic heterocycles. The zero-order valence-corrected chi connectivity index (χ0v) is 12.2. The molecule has 0 unspecified atom stereocenters. The lowest BCUT2D eigenvalue weighted by atomic mass is 10.1. The lowest BCUT2D eigenvalue weighted by Crippen LogP contribution is -2.16. The third kappa shape index (κ3) is 3.11. The highest BCUT2D eigenvalue weighted by atomic mass is 16.5. The Morgan fingerprint density at radius 1 is 1.05 bits per heavy atom. The van der Waals surface area contributed by atoms with E-state index < -0.39 is 0 Å². The van der Waals surface area contributed by atoms with Crippen molar-refractivity contribution in [3.8, 4) is 11.4 Å². The zero-order valence-electron chi connectivity index (χ0n) is 12.2. The summed E-state index contributed by atoms with van der Waals surface area (Å²) >= 11 is 0. The molecule has 0 aliphatic rings. The summed E-state index contributed by atoms with van der Waals surface area (Å²) in [7, 11) is 2.01. The molecule has 0 atom stereocenters. The minimum atomic E-state index is 0.586. The van der Waals surface area contributed by atoms with Crippen molar-refractivity contribution >= 4 is 5.69 Å². The molecular weight excluding hydrogens is 262 g/mol. The summed E-state index contributed by atoms with van der Waals surface area (Å²) in [6.45, 7) is 2.64. The SMILES string of the molecule is Cc1cccc(-c2noc(CN(C)c3ccccc3)n2)c1. The molecule has 0 saturated carbocycles. The number of hydrogen-bond donors (Lipinski definition) is 0. The fraction of sp³-hybridized carbons (Fsp3) is 0.176. The number of anilines is 1. The predicted octanol–water partition coefficient (Wildman–Crippen LogP) is 3.68. The third-order valence-corrected chi connectivity index (χ3v) is 3.31. The number of benzene rings is 2. The number of rotatable bonds is 4. The predicted molar refractivity (Wildman–Crippen MR) is 83.0 cm³/mol. The summed E-state index contributed by atoms with van der Waals surface area (Å²) in [4.78, 5) is 6.54. The summed E-state index contributed by atoms with van der Waals surface area (Å²) in [6, 6.07) is 18.2. The highest BCUT2D eigenvalue weighted by Crippen LogP contribution is 2.19. The van der Waals surface area contributed by atoms with Crippen LogP contribution in [0, 0.1) is 6.92 Å². The molecule has 4 nitrogen and oxygen atoms in total. The second-order valence-electron chi connectivity index (χ2n) is 5.07. The van der Waals surface area contributed by atoms with Gasteiger partial charge in [-0.25, -0.2) is 0 Å². The molecule has 0 aliphatic heterocycles. The molecule has 0 fully saturated rings. The number of aromatic nitrogens is 2. The van der Waals surface area contributed by atoms with E-state index in [9.17, 15) is 0 Å². The van der Waals surface area contributed by atoms with Gasteiger partial charge in [0.1, 0.15) is 0 Å². The summed E-state index contributed by atoms with van der Waals surface area (Å²) in [5.41, 5.74) is 3.28. The van der Waals surface area contributed by atoms with Crippen molar-refractivity contribution in [2.45, 2.75) is 13.5 Å². The van der Waals surface area contributed by atoms with Gasteiger partial charge in [0.15, 0.2) is 0 Å². The third-order valence-electron chi connectivity index (χ3n) is 3.31. The van der Waals surface area contributed by atoms with Crippen molar-refractivity contribution in [3.05, 3.63) is 66.1 Å². The Morgan fingerprint density at radius 2 is 1.86 bits per heavy atom. The van der Waals surface area contributed by atoms with Crippen LogP contribution in [-0.2, 0) is 6.54 Å². The van der Waals surface area contributed by atoms with E-state index in [1.165, 1.54) is 5.56 Å². The maximum absolute atomic E-state index is 5.35. The van der Waals surface area contributed by atoms with E-state index in [1.807, 2.05) is 50.4 Å². The lowest BCUT2D eigenvalue weighted by molar-refractivity contribution is 0.378. The summed E-state index contributed by atoms with van der Waals surface area (Å²) in [6.07, 6.45) is 0. The van der Waals surface area contributed by atoms with Gasteiger partial charge in [0, 0.05) is 18.3 Å². The number of aryl methyl sites for hydroxylation is 1. The zero-order chi connectivity index (χ0) is 14.7. The van der Waals surface area contributed by atoms with Crippen molar-refractivity contribution in [1.82, 2.24) is 10.1 Å². The van der Waals surface area contributed by atoms with Gasteiger partial charge < -0.3 is 9.42 Å². The van der Waals surface area contributed by atoms with Crippen LogP contribution in [0.1, 0.15) is 11.5 Å². The highest BCUT2D eigenvalue weighted by molar-refractivity contribution is 5.55. The molecule has 0 saturated heterocycles. The van der Waals surface area contributed by atoms with Gasteiger partial charge in [-0.2, -0.15) is 4.98 Å². The van der Waals surface area contributed by atoms with Crippen LogP contribution in [0.25, 0.3) is 11.4 Å². The quantitative estimate of drug-likeness (QED) is 0.730. The number of nitrogens with zero attached hydrogens (tertiary/aromatic N) is 3. The van der Waals surface area contributed by atoms with Crippen molar-refractivity contribution < 1.29 is 4.52 Å². The van der Waals surface area contributed by atoms with E-state index >= 15 is 0 Å². The van der Waals surface area contributed by atoms with Crippen LogP contribution in [0.5, 0.6) is 0 Å². The summed E-state index contributed by atoms with van der Waals surface area (Å²) < 4.78 is 5.35. The van der Waals surface area contributed by atoms with Crippen LogP contribution in [0.15, 0.2) is 59.1 Å². The molecule has 2 aromatic carbocycles. The molecule has 4 heteroatoms. The molecule has 3 rings (SSSR count). The van der Waals surface area contributed by atoms with Crippen molar-refractivity contribution in [1.29, 1.82) is 0 Å². The van der Waals surface area contributed by atoms with Crippen LogP contribution < -0.4 is 4.90 Å². The Labute approximate surface area is 124 Å². The fourth-order valence-electron chi connectivity index (χ4n) is 2.20. The maximum Gasteiger partial charge on any atom is 0.246 e. The largest absolute Gasteiger partial charge is 0.365 e. The van der Waals surface area contributed by atoms with E-state index in [0.717, 1.165) is 11.3 Å². The monoisotopic (exact) mass is 279 g/mol. The van der Waals surface area contributed by atoms with E-state index in [1.54, 1.807) is 0 Å². The molecule has 0 spiro atoms. The van der Waals surface area contributed by atoms with Crippen LogP contribution in [0.2, 0.25) is 0 Å². The van der Waals surface area contributed by atoms with Crippen molar-refractivity contribution in [2.75, 3.05) is 11.9 Å². The molecular formula is C17H17N3O. The minimum absolute atomic E-state index is 0.586. The fourth-order valence-corrected chi connectivity index (χ4v) is 2.20. The van der Waals surface area contributed by atoms with Gasteiger partial charge in [-0.15, -0.1) is 0 Å². The highest BCUT2D eigenvalue weighted by Gasteiger charge is 2.11. The molecule has 0 amide bonds. The van der Waals surface area contributed by atoms with Crippen LogP contribution in [0.3, 0.4) is 0 Å². The van der Waals surface area contributed by atoms with Gasteiger partial charge in [-0.1, -0.05) is 47.1 Å². The molecule has 106 valence electrons. The molecule has 0 radical (unpaired) electrons. The second kappa shape index (κ2) is 5.79. The van der Waals surface area contributed by atoms with E-state index in [4.69, 9.17) is 4.52 Å². The van der Waals surface area contributed by atoms with E-state index in [-0.39, 0.29) is 0 Å². The van der Waals surface area contributed by atoms with Crippen LogP contribution >= 0.6 is 0 Å². The summed E-state index contributed by atoms with van der Waals surface area (Å²) in [5.74, 6) is 1.24. The first-order chi connectivity index (χ1) is 10.2. The normalized spacial score (nSPS) is 10.6. The molecule has 0 aliphatic carbocycles. The Balaban J connectivity index is 1.76.